The summed E-state index contributed by atoms with van der Waals surface area (Å²) in [5.41, 5.74) is 1.91. The quantitative estimate of drug-likeness (QED) is 0.463. The number of anilines is 1. The number of methoxy groups -OCH3 is 1. The molecule has 4 atom stereocenters. The predicted octanol–water partition coefficient (Wildman–Crippen LogP) is 0.0585. The number of imidazole rings is 1. The second-order valence-corrected chi connectivity index (χ2v) is 6.45. The lowest BCUT2D eigenvalue weighted by molar-refractivity contribution is -0.0511. The maximum Gasteiger partial charge on any atom is 0.320 e. The fraction of sp³-hybridized carbons (Fsp3) is 0.389. The number of rotatable bonds is 6. The van der Waals surface area contributed by atoms with Crippen LogP contribution in [0, 0.1) is 0 Å². The normalized spacial score (nSPS) is 24.6. The third-order valence-electron chi connectivity index (χ3n) is 4.68. The van der Waals surface area contributed by atoms with Crippen molar-refractivity contribution < 1.29 is 24.8 Å². The Hall–Kier alpha value is -2.79. The van der Waals surface area contributed by atoms with Gasteiger partial charge in [-0.2, -0.15) is 9.97 Å². The zero-order valence-electron chi connectivity index (χ0n) is 15.1. The van der Waals surface area contributed by atoms with Crippen molar-refractivity contribution in [1.29, 1.82) is 0 Å². The number of benzene rings is 1. The Morgan fingerprint density at radius 2 is 1.96 bits per heavy atom. The first kappa shape index (κ1) is 18.6. The van der Waals surface area contributed by atoms with Gasteiger partial charge in [0.25, 0.3) is 0 Å². The second kappa shape index (κ2) is 7.68. The summed E-state index contributed by atoms with van der Waals surface area (Å²) in [6.45, 7) is 0.111. The van der Waals surface area contributed by atoms with Gasteiger partial charge in [-0.05, 0) is 5.56 Å². The molecule has 1 aliphatic heterocycles. The van der Waals surface area contributed by atoms with Crippen molar-refractivity contribution in [3.05, 3.63) is 42.2 Å². The van der Waals surface area contributed by atoms with Crippen molar-refractivity contribution in [3.63, 3.8) is 0 Å². The van der Waals surface area contributed by atoms with Gasteiger partial charge in [-0.1, -0.05) is 30.3 Å². The maximum atomic E-state index is 10.3. The third kappa shape index (κ3) is 3.27. The van der Waals surface area contributed by atoms with Gasteiger partial charge >= 0.3 is 6.01 Å². The minimum Gasteiger partial charge on any atom is -0.467 e. The Balaban J connectivity index is 1.69. The highest BCUT2D eigenvalue weighted by molar-refractivity contribution is 5.83. The number of aromatic nitrogens is 4. The van der Waals surface area contributed by atoms with Crippen molar-refractivity contribution in [2.45, 2.75) is 31.1 Å². The van der Waals surface area contributed by atoms with Gasteiger partial charge in [-0.25, -0.2) is 4.98 Å². The van der Waals surface area contributed by atoms with Crippen molar-refractivity contribution in [1.82, 2.24) is 19.5 Å². The molecule has 0 bridgehead atoms. The molecule has 3 aromatic rings. The molecule has 1 aliphatic rings. The molecule has 2 aromatic heterocycles. The molecule has 4 rings (SSSR count). The molecular formula is C18H21N5O5. The van der Waals surface area contributed by atoms with E-state index in [0.29, 0.717) is 23.5 Å². The monoisotopic (exact) mass is 387 g/mol. The Morgan fingerprint density at radius 1 is 1.18 bits per heavy atom. The molecule has 0 radical (unpaired) electrons. The lowest BCUT2D eigenvalue weighted by Crippen LogP contribution is -2.33. The molecule has 10 nitrogen and oxygen atoms in total. The van der Waals surface area contributed by atoms with E-state index in [1.54, 1.807) is 0 Å². The van der Waals surface area contributed by atoms with Gasteiger partial charge in [0.1, 0.15) is 18.3 Å². The van der Waals surface area contributed by atoms with Crippen LogP contribution in [0.3, 0.4) is 0 Å². The zero-order valence-corrected chi connectivity index (χ0v) is 15.1. The van der Waals surface area contributed by atoms with Crippen molar-refractivity contribution >= 4 is 17.0 Å². The largest absolute Gasteiger partial charge is 0.467 e. The summed E-state index contributed by atoms with van der Waals surface area (Å²) in [6, 6.07) is 9.93. The topological polar surface area (TPSA) is 135 Å². The van der Waals surface area contributed by atoms with Crippen LogP contribution in [0.15, 0.2) is 36.7 Å². The molecule has 0 aliphatic carbocycles. The molecular weight excluding hydrogens is 366 g/mol. The summed E-state index contributed by atoms with van der Waals surface area (Å²) < 4.78 is 12.3. The van der Waals surface area contributed by atoms with E-state index in [4.69, 9.17) is 9.47 Å². The van der Waals surface area contributed by atoms with Crippen LogP contribution in [-0.4, -0.2) is 66.9 Å². The number of ether oxygens (including phenoxy) is 2. The van der Waals surface area contributed by atoms with E-state index in [9.17, 15) is 15.3 Å². The summed E-state index contributed by atoms with van der Waals surface area (Å²) in [5, 5.41) is 32.9. The SMILES string of the molecule is COc1nc(NCc2ccccc2)c2ncn([C@@H]3O[C@H](CO)C(O)[C@@H]3O)c2n1. The number of hydrogen-bond donors (Lipinski definition) is 4. The lowest BCUT2D eigenvalue weighted by atomic mass is 10.1. The smallest absolute Gasteiger partial charge is 0.320 e. The number of aliphatic hydroxyl groups is 3. The van der Waals surface area contributed by atoms with E-state index in [2.05, 4.69) is 20.3 Å². The average Bonchev–Trinajstić information content (AvgIpc) is 3.28. The van der Waals surface area contributed by atoms with E-state index in [1.165, 1.54) is 18.0 Å². The van der Waals surface area contributed by atoms with Gasteiger partial charge < -0.3 is 30.1 Å². The summed E-state index contributed by atoms with van der Waals surface area (Å²) in [6.07, 6.45) is -2.84. The third-order valence-corrected chi connectivity index (χ3v) is 4.68. The van der Waals surface area contributed by atoms with Gasteiger partial charge in [-0.3, -0.25) is 4.57 Å². The molecule has 1 saturated heterocycles. The second-order valence-electron chi connectivity index (χ2n) is 6.45. The molecule has 4 N–H and O–H groups in total. The van der Waals surface area contributed by atoms with E-state index in [1.807, 2.05) is 30.3 Å². The number of nitrogens with one attached hydrogen (secondary N) is 1. The Morgan fingerprint density at radius 3 is 2.64 bits per heavy atom. The molecule has 1 unspecified atom stereocenters. The number of hydrogen-bond acceptors (Lipinski definition) is 9. The van der Waals surface area contributed by atoms with Gasteiger partial charge in [-0.15, -0.1) is 0 Å². The van der Waals surface area contributed by atoms with Crippen molar-refractivity contribution in [2.24, 2.45) is 0 Å². The Kier molecular flexibility index (Phi) is 5.09. The zero-order chi connectivity index (χ0) is 19.7. The molecule has 1 aromatic carbocycles. The van der Waals surface area contributed by atoms with Crippen LogP contribution in [0.5, 0.6) is 6.01 Å². The highest BCUT2D eigenvalue weighted by Crippen LogP contribution is 2.33. The van der Waals surface area contributed by atoms with Gasteiger partial charge in [0.2, 0.25) is 0 Å². The van der Waals surface area contributed by atoms with E-state index >= 15 is 0 Å². The summed E-state index contributed by atoms with van der Waals surface area (Å²) in [5.74, 6) is 0.469. The Bertz CT molecular complexity index is 950. The molecule has 0 spiro atoms. The van der Waals surface area contributed by atoms with Gasteiger partial charge in [0, 0.05) is 6.54 Å². The van der Waals surface area contributed by atoms with Crippen molar-refractivity contribution in [3.8, 4) is 6.01 Å². The van der Waals surface area contributed by atoms with E-state index in [0.717, 1.165) is 5.56 Å². The van der Waals surface area contributed by atoms with Crippen LogP contribution in [0.2, 0.25) is 0 Å². The summed E-state index contributed by atoms with van der Waals surface area (Å²) in [4.78, 5) is 13.0. The number of nitrogens with zero attached hydrogens (tertiary/aromatic N) is 4. The Labute approximate surface area is 160 Å². The lowest BCUT2D eigenvalue weighted by Gasteiger charge is -2.17. The van der Waals surface area contributed by atoms with Crippen LogP contribution in [0.4, 0.5) is 5.82 Å². The summed E-state index contributed by atoms with van der Waals surface area (Å²) >= 11 is 0. The maximum absolute atomic E-state index is 10.3. The van der Waals surface area contributed by atoms with Gasteiger partial charge in [0.15, 0.2) is 23.2 Å². The van der Waals surface area contributed by atoms with Crippen LogP contribution in [0.25, 0.3) is 11.2 Å². The average molecular weight is 387 g/mol. The van der Waals surface area contributed by atoms with Crippen LogP contribution in [-0.2, 0) is 11.3 Å². The minimum absolute atomic E-state index is 0.122. The molecule has 0 saturated carbocycles. The van der Waals surface area contributed by atoms with Crippen LogP contribution in [0.1, 0.15) is 11.8 Å². The standard InChI is InChI=1S/C18H21N5O5/c1-27-18-21-15(19-7-10-5-3-2-4-6-10)12-16(22-18)23(9-20-12)17-14(26)13(25)11(8-24)28-17/h2-6,9,11,13-14,17,24-26H,7-8H2,1H3,(H,19,21,22)/t11-,13?,14+,17-/m1/s1. The highest BCUT2D eigenvalue weighted by atomic mass is 16.6. The van der Waals surface area contributed by atoms with Crippen LogP contribution >= 0.6 is 0 Å². The fourth-order valence-corrected chi connectivity index (χ4v) is 3.19. The van der Waals surface area contributed by atoms with E-state index in [-0.39, 0.29) is 6.01 Å². The fourth-order valence-electron chi connectivity index (χ4n) is 3.19. The highest BCUT2D eigenvalue weighted by Gasteiger charge is 2.44. The molecule has 3 heterocycles. The van der Waals surface area contributed by atoms with Crippen molar-refractivity contribution in [2.75, 3.05) is 19.0 Å². The first-order valence-electron chi connectivity index (χ1n) is 8.81. The van der Waals surface area contributed by atoms with Crippen LogP contribution < -0.4 is 10.1 Å². The first-order chi connectivity index (χ1) is 13.6. The van der Waals surface area contributed by atoms with Gasteiger partial charge in [0.05, 0.1) is 20.0 Å². The predicted molar refractivity (Wildman–Crippen MR) is 98.7 cm³/mol. The summed E-state index contributed by atoms with van der Waals surface area (Å²) in [7, 11) is 1.45. The molecule has 1 fully saturated rings. The molecule has 148 valence electrons. The number of aliphatic hydroxyl groups excluding tert-OH is 3. The molecule has 10 heteroatoms. The molecule has 28 heavy (non-hydrogen) atoms. The number of fused-ring (bicyclic) bond motifs is 1. The molecule has 0 amide bonds. The minimum atomic E-state index is -1.24. The first-order valence-corrected chi connectivity index (χ1v) is 8.81. The van der Waals surface area contributed by atoms with E-state index < -0.39 is 31.1 Å².